The summed E-state index contributed by atoms with van der Waals surface area (Å²) in [5.74, 6) is 0. The van der Waals surface area contributed by atoms with Crippen molar-refractivity contribution in [3.63, 3.8) is 0 Å². The van der Waals surface area contributed by atoms with Crippen molar-refractivity contribution in [1.29, 1.82) is 0 Å². The molecule has 0 aliphatic heterocycles. The lowest BCUT2D eigenvalue weighted by atomic mass is 10.1. The molecular weight excluding hydrogens is 348 g/mol. The maximum atomic E-state index is 2.48. The second kappa shape index (κ2) is 6.78. The molecule has 3 aromatic heterocycles. The minimum atomic E-state index is 1.21. The first-order valence-electron chi connectivity index (χ1n) is 9.14. The summed E-state index contributed by atoms with van der Waals surface area (Å²) in [6.07, 6.45) is 7.32. The van der Waals surface area contributed by atoms with Crippen LogP contribution in [0.15, 0.2) is 18.2 Å². The lowest BCUT2D eigenvalue weighted by molar-refractivity contribution is 0.940. The predicted molar refractivity (Wildman–Crippen MR) is 115 cm³/mol. The van der Waals surface area contributed by atoms with Gasteiger partial charge in [0.05, 0.1) is 0 Å². The number of benzene rings is 1. The van der Waals surface area contributed by atoms with Gasteiger partial charge in [0.1, 0.15) is 0 Å². The van der Waals surface area contributed by atoms with E-state index < -0.39 is 0 Å². The van der Waals surface area contributed by atoms with Crippen LogP contribution in [0.3, 0.4) is 0 Å². The molecule has 0 atom stereocenters. The van der Waals surface area contributed by atoms with Crippen LogP contribution in [0.5, 0.6) is 0 Å². The molecule has 0 saturated heterocycles. The van der Waals surface area contributed by atoms with Gasteiger partial charge in [-0.05, 0) is 37.5 Å². The number of hydrogen-bond acceptors (Lipinski definition) is 3. The minimum Gasteiger partial charge on any atom is -0.140 e. The van der Waals surface area contributed by atoms with Crippen LogP contribution in [-0.2, 0) is 19.3 Å². The highest BCUT2D eigenvalue weighted by atomic mass is 32.1. The van der Waals surface area contributed by atoms with Crippen LogP contribution in [0.4, 0.5) is 0 Å². The largest absolute Gasteiger partial charge is 0.140 e. The Balaban J connectivity index is 2.06. The molecule has 0 nitrogen and oxygen atoms in total. The maximum absolute atomic E-state index is 2.48. The fourth-order valence-electron chi connectivity index (χ4n) is 3.54. The van der Waals surface area contributed by atoms with Crippen molar-refractivity contribution in [2.75, 3.05) is 0 Å². The molecule has 4 aromatic rings. The number of thiophene rings is 3. The Morgan fingerprint density at radius 1 is 0.542 bits per heavy atom. The molecule has 0 saturated carbocycles. The Hall–Kier alpha value is -0.900. The Morgan fingerprint density at radius 2 is 0.833 bits per heavy atom. The zero-order chi connectivity index (χ0) is 16.7. The van der Waals surface area contributed by atoms with Crippen molar-refractivity contribution in [1.82, 2.24) is 0 Å². The van der Waals surface area contributed by atoms with Gasteiger partial charge in [-0.2, -0.15) is 0 Å². The van der Waals surface area contributed by atoms with Crippen molar-refractivity contribution in [3.05, 3.63) is 32.8 Å². The highest BCUT2D eigenvalue weighted by Crippen LogP contribution is 2.46. The first-order valence-corrected chi connectivity index (χ1v) is 11.6. The average molecular weight is 373 g/mol. The molecule has 3 heterocycles. The summed E-state index contributed by atoms with van der Waals surface area (Å²) in [7, 11) is 0. The summed E-state index contributed by atoms with van der Waals surface area (Å²) >= 11 is 6.10. The summed E-state index contributed by atoms with van der Waals surface area (Å²) in [4.78, 5) is 4.65. The van der Waals surface area contributed by atoms with Crippen LogP contribution < -0.4 is 0 Å². The van der Waals surface area contributed by atoms with E-state index in [0.717, 1.165) is 0 Å². The Labute approximate surface area is 156 Å². The van der Waals surface area contributed by atoms with Gasteiger partial charge >= 0.3 is 0 Å². The Kier molecular flexibility index (Phi) is 4.68. The van der Waals surface area contributed by atoms with Crippen molar-refractivity contribution in [2.24, 2.45) is 0 Å². The third-order valence-corrected chi connectivity index (χ3v) is 8.26. The molecule has 0 unspecified atom stereocenters. The zero-order valence-corrected chi connectivity index (χ0v) is 17.1. The van der Waals surface area contributed by atoms with Gasteiger partial charge in [0.2, 0.25) is 0 Å². The van der Waals surface area contributed by atoms with Crippen LogP contribution in [0.25, 0.3) is 30.3 Å². The summed E-state index contributed by atoms with van der Waals surface area (Å²) < 4.78 is 4.60. The highest BCUT2D eigenvalue weighted by molar-refractivity contribution is 7.26. The number of aryl methyl sites for hydroxylation is 3. The second-order valence-corrected chi connectivity index (χ2v) is 10.0. The SMILES string of the molecule is CCCc1cc2c(s1)c1cc(CCC)sc1c1cc(CCC)sc21. The van der Waals surface area contributed by atoms with E-state index in [9.17, 15) is 0 Å². The van der Waals surface area contributed by atoms with Gasteiger partial charge < -0.3 is 0 Å². The molecule has 126 valence electrons. The second-order valence-electron chi connectivity index (χ2n) is 6.62. The number of fused-ring (bicyclic) bond motifs is 6. The van der Waals surface area contributed by atoms with Gasteiger partial charge in [0.15, 0.2) is 0 Å². The van der Waals surface area contributed by atoms with Crippen LogP contribution >= 0.6 is 34.0 Å². The van der Waals surface area contributed by atoms with E-state index in [1.165, 1.54) is 68.8 Å². The van der Waals surface area contributed by atoms with Crippen LogP contribution in [0.1, 0.15) is 54.7 Å². The molecule has 1 aromatic carbocycles. The number of hydrogen-bond donors (Lipinski definition) is 0. The molecular formula is C21H24S3. The third kappa shape index (κ3) is 2.71. The van der Waals surface area contributed by atoms with E-state index in [0.29, 0.717) is 0 Å². The summed E-state index contributed by atoms with van der Waals surface area (Å²) in [6, 6.07) is 7.44. The Bertz CT molecular complexity index is 769. The number of rotatable bonds is 6. The minimum absolute atomic E-state index is 1.21. The van der Waals surface area contributed by atoms with Crippen LogP contribution in [0.2, 0.25) is 0 Å². The quantitative estimate of drug-likeness (QED) is 0.320. The van der Waals surface area contributed by atoms with Gasteiger partial charge in [-0.1, -0.05) is 40.0 Å². The molecule has 24 heavy (non-hydrogen) atoms. The smallest absolute Gasteiger partial charge is 0.0447 e. The molecule has 0 fully saturated rings. The fourth-order valence-corrected chi connectivity index (χ4v) is 7.60. The van der Waals surface area contributed by atoms with Gasteiger partial charge in [0.25, 0.3) is 0 Å². The maximum Gasteiger partial charge on any atom is 0.0447 e. The Morgan fingerprint density at radius 3 is 1.08 bits per heavy atom. The summed E-state index contributed by atoms with van der Waals surface area (Å²) in [5, 5.41) is 4.54. The van der Waals surface area contributed by atoms with Gasteiger partial charge in [-0.3, -0.25) is 0 Å². The molecule has 0 amide bonds. The van der Waals surface area contributed by atoms with Gasteiger partial charge in [-0.25, -0.2) is 0 Å². The fraction of sp³-hybridized carbons (Fsp3) is 0.429. The molecule has 3 heteroatoms. The molecule has 0 radical (unpaired) electrons. The summed E-state index contributed by atoms with van der Waals surface area (Å²) in [6.45, 7) is 6.85. The monoisotopic (exact) mass is 372 g/mol. The molecule has 0 aliphatic rings. The van der Waals surface area contributed by atoms with E-state index in [2.05, 4.69) is 39.0 Å². The topological polar surface area (TPSA) is 0 Å². The molecule has 0 bridgehead atoms. The molecule has 0 spiro atoms. The first-order chi connectivity index (χ1) is 11.7. The van der Waals surface area contributed by atoms with Crippen molar-refractivity contribution >= 4 is 64.3 Å². The van der Waals surface area contributed by atoms with E-state index in [1.54, 1.807) is 14.6 Å². The van der Waals surface area contributed by atoms with Crippen molar-refractivity contribution in [3.8, 4) is 0 Å². The van der Waals surface area contributed by atoms with Crippen molar-refractivity contribution < 1.29 is 0 Å². The lowest BCUT2D eigenvalue weighted by Crippen LogP contribution is -1.72. The standard InChI is InChI=1S/C21H24S3/c1-4-7-13-10-16-19(22-13)17-11-14(8-5-2)24-21(17)18-12-15(9-6-3)23-20(16)18/h10-12H,4-9H2,1-3H3. The first kappa shape index (κ1) is 16.6. The normalized spacial score (nSPS) is 12.1. The summed E-state index contributed by atoms with van der Waals surface area (Å²) in [5.41, 5.74) is 0. The van der Waals surface area contributed by atoms with E-state index in [1.807, 2.05) is 34.0 Å². The van der Waals surface area contributed by atoms with E-state index in [4.69, 9.17) is 0 Å². The van der Waals surface area contributed by atoms with E-state index >= 15 is 0 Å². The third-order valence-electron chi connectivity index (χ3n) is 4.57. The molecule has 4 rings (SSSR count). The van der Waals surface area contributed by atoms with E-state index in [-0.39, 0.29) is 0 Å². The van der Waals surface area contributed by atoms with Gasteiger partial charge in [-0.15, -0.1) is 34.0 Å². The van der Waals surface area contributed by atoms with Crippen molar-refractivity contribution in [2.45, 2.75) is 59.3 Å². The lowest BCUT2D eigenvalue weighted by Gasteiger charge is -1.96. The zero-order valence-electron chi connectivity index (χ0n) is 14.7. The van der Waals surface area contributed by atoms with Crippen LogP contribution in [-0.4, -0.2) is 0 Å². The van der Waals surface area contributed by atoms with Gasteiger partial charge in [0, 0.05) is 44.9 Å². The predicted octanol–water partition coefficient (Wildman–Crippen LogP) is 8.19. The molecule has 0 N–H and O–H groups in total. The average Bonchev–Trinajstić information content (AvgIpc) is 3.23. The van der Waals surface area contributed by atoms with Crippen LogP contribution in [0, 0.1) is 0 Å². The highest BCUT2D eigenvalue weighted by Gasteiger charge is 2.17. The molecule has 0 aliphatic carbocycles.